The number of nitrogens with zero attached hydrogens (tertiary/aromatic N) is 4. The number of anilines is 1. The summed E-state index contributed by atoms with van der Waals surface area (Å²) in [4.78, 5) is 27.7. The Morgan fingerprint density at radius 2 is 1.95 bits per heavy atom. The van der Waals surface area contributed by atoms with Crippen molar-refractivity contribution in [1.82, 2.24) is 20.3 Å². The molecule has 0 saturated carbocycles. The molecule has 2 aromatic rings. The minimum atomic E-state index is -0.110. The smallest absolute Gasteiger partial charge is 0.263 e. The van der Waals surface area contributed by atoms with E-state index in [1.165, 1.54) is 11.3 Å². The van der Waals surface area contributed by atoms with Gasteiger partial charge in [-0.05, 0) is 26.8 Å². The molecule has 112 valence electrons. The van der Waals surface area contributed by atoms with Gasteiger partial charge in [0.25, 0.3) is 5.91 Å². The molecule has 0 spiro atoms. The van der Waals surface area contributed by atoms with E-state index in [1.807, 2.05) is 45.8 Å². The van der Waals surface area contributed by atoms with Crippen molar-refractivity contribution in [2.45, 2.75) is 27.3 Å². The van der Waals surface area contributed by atoms with Gasteiger partial charge < -0.3 is 10.2 Å². The lowest BCUT2D eigenvalue weighted by Gasteiger charge is -2.12. The van der Waals surface area contributed by atoms with Crippen molar-refractivity contribution in [3.05, 3.63) is 33.0 Å². The summed E-state index contributed by atoms with van der Waals surface area (Å²) < 4.78 is 0. The number of nitrogens with one attached hydrogen (secondary N) is 1. The highest BCUT2D eigenvalue weighted by Crippen LogP contribution is 2.17. The predicted molar refractivity (Wildman–Crippen MR) is 83.9 cm³/mol. The van der Waals surface area contributed by atoms with Gasteiger partial charge in [0.1, 0.15) is 4.88 Å². The summed E-state index contributed by atoms with van der Waals surface area (Å²) >= 11 is 1.40. The molecule has 0 aromatic carbocycles. The zero-order chi connectivity index (χ0) is 15.6. The molecule has 2 rings (SSSR count). The van der Waals surface area contributed by atoms with Crippen LogP contribution in [0.2, 0.25) is 0 Å². The minimum absolute atomic E-state index is 0.110. The molecule has 2 aromatic heterocycles. The third-order valence-electron chi connectivity index (χ3n) is 2.84. The quantitative estimate of drug-likeness (QED) is 0.933. The number of rotatable bonds is 4. The fraction of sp³-hybridized carbons (Fsp3) is 0.429. The maximum atomic E-state index is 12.2. The van der Waals surface area contributed by atoms with Gasteiger partial charge in [0.15, 0.2) is 0 Å². The molecule has 1 amide bonds. The summed E-state index contributed by atoms with van der Waals surface area (Å²) in [5, 5.41) is 3.78. The number of hydrogen-bond acceptors (Lipinski definition) is 6. The van der Waals surface area contributed by atoms with E-state index in [9.17, 15) is 4.79 Å². The van der Waals surface area contributed by atoms with Gasteiger partial charge in [0, 0.05) is 19.8 Å². The maximum Gasteiger partial charge on any atom is 0.263 e. The van der Waals surface area contributed by atoms with Crippen LogP contribution in [0.3, 0.4) is 0 Å². The van der Waals surface area contributed by atoms with Crippen molar-refractivity contribution in [3.63, 3.8) is 0 Å². The van der Waals surface area contributed by atoms with Crippen molar-refractivity contribution in [2.24, 2.45) is 0 Å². The number of thiazole rings is 1. The van der Waals surface area contributed by atoms with E-state index < -0.39 is 0 Å². The molecule has 6 nitrogen and oxygen atoms in total. The Balaban J connectivity index is 2.09. The fourth-order valence-corrected chi connectivity index (χ4v) is 2.74. The van der Waals surface area contributed by atoms with Crippen LogP contribution in [0.4, 0.5) is 5.95 Å². The molecule has 0 aliphatic rings. The minimum Gasteiger partial charge on any atom is -0.347 e. The third-order valence-corrected chi connectivity index (χ3v) is 3.91. The van der Waals surface area contributed by atoms with Gasteiger partial charge in [-0.25, -0.2) is 15.0 Å². The highest BCUT2D eigenvalue weighted by Gasteiger charge is 2.14. The lowest BCUT2D eigenvalue weighted by molar-refractivity contribution is 0.0953. The van der Waals surface area contributed by atoms with Crippen LogP contribution in [0.15, 0.2) is 6.07 Å². The molecule has 0 radical (unpaired) electrons. The first-order valence-electron chi connectivity index (χ1n) is 6.61. The highest BCUT2D eigenvalue weighted by molar-refractivity contribution is 7.13. The molecule has 0 aliphatic heterocycles. The SMILES string of the molecule is Cc1cc(CNC(=O)c2sc(C)nc2C)nc(N(C)C)n1. The van der Waals surface area contributed by atoms with Crippen LogP contribution in [0.5, 0.6) is 0 Å². The average molecular weight is 305 g/mol. The topological polar surface area (TPSA) is 71.0 Å². The predicted octanol–water partition coefficient (Wildman–Crippen LogP) is 1.85. The Morgan fingerprint density at radius 3 is 2.52 bits per heavy atom. The average Bonchev–Trinajstić information content (AvgIpc) is 2.74. The molecule has 2 heterocycles. The van der Waals surface area contributed by atoms with Gasteiger partial charge >= 0.3 is 0 Å². The van der Waals surface area contributed by atoms with E-state index in [4.69, 9.17) is 0 Å². The summed E-state index contributed by atoms with van der Waals surface area (Å²) in [5.74, 6) is 0.532. The van der Waals surface area contributed by atoms with Crippen molar-refractivity contribution in [1.29, 1.82) is 0 Å². The van der Waals surface area contributed by atoms with Crippen molar-refractivity contribution >= 4 is 23.2 Å². The standard InChI is InChI=1S/C14H19N5OS/c1-8-6-11(18-14(16-8)19(4)5)7-15-13(20)12-9(2)17-10(3)21-12/h6H,7H2,1-5H3,(H,15,20). The molecule has 0 saturated heterocycles. The second-order valence-electron chi connectivity index (χ2n) is 5.03. The Morgan fingerprint density at radius 1 is 1.24 bits per heavy atom. The van der Waals surface area contributed by atoms with Gasteiger partial charge in [-0.15, -0.1) is 11.3 Å². The van der Waals surface area contributed by atoms with Crippen molar-refractivity contribution in [3.8, 4) is 0 Å². The molecule has 0 atom stereocenters. The van der Waals surface area contributed by atoms with Crippen LogP contribution in [0.25, 0.3) is 0 Å². The number of aryl methyl sites for hydroxylation is 3. The summed E-state index contributed by atoms with van der Waals surface area (Å²) in [6.07, 6.45) is 0. The van der Waals surface area contributed by atoms with Gasteiger partial charge in [-0.2, -0.15) is 0 Å². The zero-order valence-corrected chi connectivity index (χ0v) is 13.7. The van der Waals surface area contributed by atoms with Gasteiger partial charge in [0.05, 0.1) is 22.9 Å². The Hall–Kier alpha value is -2.02. The van der Waals surface area contributed by atoms with Crippen LogP contribution in [-0.4, -0.2) is 35.0 Å². The van der Waals surface area contributed by atoms with Gasteiger partial charge in [-0.3, -0.25) is 4.79 Å². The fourth-order valence-electron chi connectivity index (χ4n) is 1.90. The number of carbonyl (C=O) groups excluding carboxylic acids is 1. The zero-order valence-electron chi connectivity index (χ0n) is 12.9. The molecule has 1 N–H and O–H groups in total. The van der Waals surface area contributed by atoms with E-state index in [-0.39, 0.29) is 5.91 Å². The van der Waals surface area contributed by atoms with Crippen LogP contribution >= 0.6 is 11.3 Å². The largest absolute Gasteiger partial charge is 0.347 e. The van der Waals surface area contributed by atoms with E-state index >= 15 is 0 Å². The number of hydrogen-bond donors (Lipinski definition) is 1. The van der Waals surface area contributed by atoms with E-state index in [1.54, 1.807) is 0 Å². The number of aromatic nitrogens is 3. The number of carbonyl (C=O) groups is 1. The van der Waals surface area contributed by atoms with Crippen molar-refractivity contribution in [2.75, 3.05) is 19.0 Å². The summed E-state index contributed by atoms with van der Waals surface area (Å²) in [5.41, 5.74) is 2.43. The van der Waals surface area contributed by atoms with E-state index in [0.29, 0.717) is 17.4 Å². The lowest BCUT2D eigenvalue weighted by Crippen LogP contribution is -2.24. The molecule has 21 heavy (non-hydrogen) atoms. The first-order valence-corrected chi connectivity index (χ1v) is 7.42. The molecule has 0 fully saturated rings. The molecular weight excluding hydrogens is 286 g/mol. The second kappa shape index (κ2) is 6.17. The third kappa shape index (κ3) is 3.75. The number of amides is 1. The summed E-state index contributed by atoms with van der Waals surface area (Å²) in [6.45, 7) is 6.03. The molecule has 7 heteroatoms. The highest BCUT2D eigenvalue weighted by atomic mass is 32.1. The first-order chi connectivity index (χ1) is 9.86. The molecular formula is C14H19N5OS. The maximum absolute atomic E-state index is 12.2. The van der Waals surface area contributed by atoms with Gasteiger partial charge in [0.2, 0.25) is 5.95 Å². The normalized spacial score (nSPS) is 10.5. The summed E-state index contributed by atoms with van der Waals surface area (Å²) in [6, 6.07) is 1.87. The van der Waals surface area contributed by atoms with Crippen LogP contribution < -0.4 is 10.2 Å². The summed E-state index contributed by atoms with van der Waals surface area (Å²) in [7, 11) is 3.78. The first kappa shape index (κ1) is 15.4. The Kier molecular flexibility index (Phi) is 4.52. The second-order valence-corrected chi connectivity index (χ2v) is 6.23. The monoisotopic (exact) mass is 305 g/mol. The Bertz CT molecular complexity index is 665. The lowest BCUT2D eigenvalue weighted by atomic mass is 10.3. The molecule has 0 unspecified atom stereocenters. The van der Waals surface area contributed by atoms with Crippen LogP contribution in [0, 0.1) is 20.8 Å². The van der Waals surface area contributed by atoms with Crippen LogP contribution in [0.1, 0.15) is 31.8 Å². The van der Waals surface area contributed by atoms with Gasteiger partial charge in [-0.1, -0.05) is 0 Å². The molecule has 0 aliphatic carbocycles. The van der Waals surface area contributed by atoms with Crippen LogP contribution in [-0.2, 0) is 6.54 Å². The van der Waals surface area contributed by atoms with E-state index in [0.717, 1.165) is 22.1 Å². The Labute approximate surface area is 128 Å². The molecule has 0 bridgehead atoms. The van der Waals surface area contributed by atoms with E-state index in [2.05, 4.69) is 20.3 Å². The van der Waals surface area contributed by atoms with Crippen molar-refractivity contribution < 1.29 is 4.79 Å².